The fourth-order valence-electron chi connectivity index (χ4n) is 3.44. The van der Waals surface area contributed by atoms with Gasteiger partial charge in [0.2, 0.25) is 0 Å². The molecule has 1 saturated carbocycles. The molecule has 0 atom stereocenters. The van der Waals surface area contributed by atoms with E-state index in [1.54, 1.807) is 0 Å². The highest BCUT2D eigenvalue weighted by atomic mass is 35.5. The Bertz CT molecular complexity index is 919. The number of aromatic nitrogens is 2. The van der Waals surface area contributed by atoms with Crippen LogP contribution in [0, 0.1) is 0 Å². The zero-order valence-corrected chi connectivity index (χ0v) is 15.0. The molecule has 0 saturated heterocycles. The summed E-state index contributed by atoms with van der Waals surface area (Å²) >= 11 is 6.15. The number of aliphatic hydroxyl groups is 1. The molecule has 1 aromatic heterocycles. The molecule has 1 aromatic carbocycles. The summed E-state index contributed by atoms with van der Waals surface area (Å²) in [6, 6.07) is 3.06. The van der Waals surface area contributed by atoms with Crippen LogP contribution in [0.5, 0.6) is 0 Å². The van der Waals surface area contributed by atoms with E-state index in [4.69, 9.17) is 11.6 Å². The summed E-state index contributed by atoms with van der Waals surface area (Å²) in [7, 11) is 0. The van der Waals surface area contributed by atoms with Crippen molar-refractivity contribution in [2.45, 2.75) is 43.8 Å². The molecule has 4 rings (SSSR count). The van der Waals surface area contributed by atoms with Crippen molar-refractivity contribution in [1.82, 2.24) is 15.1 Å². The van der Waals surface area contributed by atoms with Crippen LogP contribution >= 0.6 is 11.6 Å². The molecular formula is C18H17ClF3N3O2. The van der Waals surface area contributed by atoms with Gasteiger partial charge in [-0.1, -0.05) is 11.6 Å². The van der Waals surface area contributed by atoms with E-state index in [0.29, 0.717) is 31.4 Å². The van der Waals surface area contributed by atoms with Crippen LogP contribution < -0.4 is 5.32 Å². The van der Waals surface area contributed by atoms with E-state index in [9.17, 15) is 23.1 Å². The summed E-state index contributed by atoms with van der Waals surface area (Å²) in [5.41, 5.74) is 0.306. The Kier molecular flexibility index (Phi) is 4.23. The first kappa shape index (κ1) is 18.3. The van der Waals surface area contributed by atoms with Gasteiger partial charge in [-0.05, 0) is 50.3 Å². The Morgan fingerprint density at radius 3 is 2.70 bits per heavy atom. The molecular weight excluding hydrogens is 383 g/mol. The lowest BCUT2D eigenvalue weighted by molar-refractivity contribution is -0.137. The number of halogens is 4. The molecule has 1 fully saturated rings. The van der Waals surface area contributed by atoms with Crippen molar-refractivity contribution >= 4 is 17.5 Å². The lowest BCUT2D eigenvalue weighted by atomic mass is 10.1. The van der Waals surface area contributed by atoms with Gasteiger partial charge in [-0.15, -0.1) is 0 Å². The number of carbonyl (C=O) groups excluding carboxylic acids is 1. The highest BCUT2D eigenvalue weighted by molar-refractivity contribution is 6.32. The van der Waals surface area contributed by atoms with Gasteiger partial charge < -0.3 is 10.4 Å². The second-order valence-electron chi connectivity index (χ2n) is 7.10. The van der Waals surface area contributed by atoms with Crippen LogP contribution in [0.2, 0.25) is 5.02 Å². The van der Waals surface area contributed by atoms with Crippen molar-refractivity contribution < 1.29 is 23.1 Å². The van der Waals surface area contributed by atoms with Crippen molar-refractivity contribution in [1.29, 1.82) is 0 Å². The number of rotatable bonds is 4. The summed E-state index contributed by atoms with van der Waals surface area (Å²) in [5.74, 6) is -0.415. The number of alkyl halides is 3. The number of aliphatic hydroxyl groups excluding tert-OH is 1. The molecule has 9 heteroatoms. The summed E-state index contributed by atoms with van der Waals surface area (Å²) in [5, 5.41) is 16.6. The van der Waals surface area contributed by atoms with E-state index >= 15 is 0 Å². The molecule has 0 aliphatic heterocycles. The normalized spacial score (nSPS) is 17.7. The minimum absolute atomic E-state index is 0.104. The zero-order chi connectivity index (χ0) is 19.4. The molecule has 2 N–H and O–H groups in total. The third kappa shape index (κ3) is 3.21. The van der Waals surface area contributed by atoms with E-state index in [0.717, 1.165) is 24.1 Å². The van der Waals surface area contributed by atoms with E-state index in [-0.39, 0.29) is 23.0 Å². The first-order chi connectivity index (χ1) is 12.7. The SMILES string of the molecule is O=C(NC1(CO)CC1)c1nn(-c2cc(C(F)(F)F)ccc2Cl)c2c1CCC2. The van der Waals surface area contributed by atoms with E-state index in [1.807, 2.05) is 0 Å². The number of amides is 1. The zero-order valence-electron chi connectivity index (χ0n) is 14.2. The summed E-state index contributed by atoms with van der Waals surface area (Å²) in [4.78, 5) is 12.7. The Morgan fingerprint density at radius 2 is 2.07 bits per heavy atom. The van der Waals surface area contributed by atoms with E-state index < -0.39 is 23.2 Å². The number of fused-ring (bicyclic) bond motifs is 1. The number of nitrogens with zero attached hydrogens (tertiary/aromatic N) is 2. The molecule has 2 aliphatic carbocycles. The maximum Gasteiger partial charge on any atom is 0.416 e. The van der Waals surface area contributed by atoms with Gasteiger partial charge in [-0.25, -0.2) is 4.68 Å². The third-order valence-corrected chi connectivity index (χ3v) is 5.50. The monoisotopic (exact) mass is 399 g/mol. The standard InChI is InChI=1S/C18H17ClF3N3O2/c19-12-5-4-10(18(20,21)22)8-14(12)25-13-3-1-2-11(13)15(24-25)16(27)23-17(9-26)6-7-17/h4-5,8,26H,1-3,6-7,9H2,(H,23,27). The second-order valence-corrected chi connectivity index (χ2v) is 7.50. The summed E-state index contributed by atoms with van der Waals surface area (Å²) < 4.78 is 40.6. The molecule has 0 radical (unpaired) electrons. The smallest absolute Gasteiger partial charge is 0.394 e. The number of hydrogen-bond donors (Lipinski definition) is 2. The highest BCUT2D eigenvalue weighted by Crippen LogP contribution is 2.37. The van der Waals surface area contributed by atoms with E-state index in [2.05, 4.69) is 10.4 Å². The van der Waals surface area contributed by atoms with Crippen molar-refractivity contribution in [3.05, 3.63) is 45.7 Å². The molecule has 1 amide bonds. The maximum atomic E-state index is 13.1. The van der Waals surface area contributed by atoms with Crippen LogP contribution in [0.1, 0.15) is 46.6 Å². The fraction of sp³-hybridized carbons (Fsp3) is 0.444. The van der Waals surface area contributed by atoms with Crippen LogP contribution in [-0.4, -0.2) is 32.9 Å². The minimum Gasteiger partial charge on any atom is -0.394 e. The highest BCUT2D eigenvalue weighted by Gasteiger charge is 2.44. The van der Waals surface area contributed by atoms with Crippen LogP contribution in [-0.2, 0) is 19.0 Å². The topological polar surface area (TPSA) is 67.2 Å². The van der Waals surface area contributed by atoms with Gasteiger partial charge in [0.1, 0.15) is 0 Å². The van der Waals surface area contributed by atoms with Crippen LogP contribution in [0.25, 0.3) is 5.69 Å². The Morgan fingerprint density at radius 1 is 1.33 bits per heavy atom. The largest absolute Gasteiger partial charge is 0.416 e. The second kappa shape index (κ2) is 6.24. The number of carbonyl (C=O) groups is 1. The lowest BCUT2D eigenvalue weighted by Gasteiger charge is -2.13. The van der Waals surface area contributed by atoms with Gasteiger partial charge >= 0.3 is 6.18 Å². The predicted octanol–water partition coefficient (Wildman–Crippen LogP) is 3.29. The molecule has 144 valence electrons. The Hall–Kier alpha value is -2.06. The maximum absolute atomic E-state index is 13.1. The van der Waals surface area contributed by atoms with Gasteiger partial charge in [0.25, 0.3) is 5.91 Å². The number of benzene rings is 1. The molecule has 1 heterocycles. The molecule has 0 bridgehead atoms. The summed E-state index contributed by atoms with van der Waals surface area (Å²) in [6.45, 7) is -0.152. The van der Waals surface area contributed by atoms with Crippen molar-refractivity contribution in [2.75, 3.05) is 6.61 Å². The molecule has 27 heavy (non-hydrogen) atoms. The molecule has 2 aromatic rings. The van der Waals surface area contributed by atoms with Crippen molar-refractivity contribution in [3.8, 4) is 5.69 Å². The Balaban J connectivity index is 1.76. The van der Waals surface area contributed by atoms with Gasteiger partial charge in [0.15, 0.2) is 5.69 Å². The average Bonchev–Trinajstić information content (AvgIpc) is 3.05. The Labute approximate surface area is 158 Å². The van der Waals surface area contributed by atoms with Gasteiger partial charge in [0, 0.05) is 11.3 Å². The first-order valence-corrected chi connectivity index (χ1v) is 9.03. The predicted molar refractivity (Wildman–Crippen MR) is 92.1 cm³/mol. The van der Waals surface area contributed by atoms with Crippen LogP contribution in [0.4, 0.5) is 13.2 Å². The van der Waals surface area contributed by atoms with E-state index in [1.165, 1.54) is 10.7 Å². The quantitative estimate of drug-likeness (QED) is 0.829. The average molecular weight is 400 g/mol. The fourth-order valence-corrected chi connectivity index (χ4v) is 3.64. The number of nitrogens with one attached hydrogen (secondary N) is 1. The summed E-state index contributed by atoms with van der Waals surface area (Å²) in [6.07, 6.45) is -1.10. The van der Waals surface area contributed by atoms with Gasteiger partial charge in [-0.2, -0.15) is 18.3 Å². The first-order valence-electron chi connectivity index (χ1n) is 8.65. The molecule has 5 nitrogen and oxygen atoms in total. The molecule has 2 aliphatic rings. The van der Waals surface area contributed by atoms with Crippen molar-refractivity contribution in [2.24, 2.45) is 0 Å². The van der Waals surface area contributed by atoms with Crippen LogP contribution in [0.15, 0.2) is 18.2 Å². The minimum atomic E-state index is -4.50. The third-order valence-electron chi connectivity index (χ3n) is 5.18. The number of hydrogen-bond acceptors (Lipinski definition) is 3. The van der Waals surface area contributed by atoms with Gasteiger partial charge in [0.05, 0.1) is 28.4 Å². The van der Waals surface area contributed by atoms with Crippen molar-refractivity contribution in [3.63, 3.8) is 0 Å². The molecule has 0 spiro atoms. The van der Waals surface area contributed by atoms with Gasteiger partial charge in [-0.3, -0.25) is 4.79 Å². The molecule has 0 unspecified atom stereocenters. The lowest BCUT2D eigenvalue weighted by Crippen LogP contribution is -2.40. The van der Waals surface area contributed by atoms with Crippen LogP contribution in [0.3, 0.4) is 0 Å².